The van der Waals surface area contributed by atoms with Gasteiger partial charge < -0.3 is 10.1 Å². The van der Waals surface area contributed by atoms with Crippen LogP contribution in [-0.4, -0.2) is 38.9 Å². The van der Waals surface area contributed by atoms with Gasteiger partial charge in [-0.2, -0.15) is 0 Å². The van der Waals surface area contributed by atoms with E-state index in [4.69, 9.17) is 4.74 Å². The average molecular weight is 399 g/mol. The maximum Gasteiger partial charge on any atom is 0.311 e. The lowest BCUT2D eigenvalue weighted by Gasteiger charge is -2.07. The van der Waals surface area contributed by atoms with E-state index in [2.05, 4.69) is 20.5 Å². The summed E-state index contributed by atoms with van der Waals surface area (Å²) in [6.45, 7) is 0. The van der Waals surface area contributed by atoms with Crippen LogP contribution in [0.2, 0.25) is 0 Å². The molecule has 2 N–H and O–H groups in total. The molecule has 1 aromatic heterocycles. The van der Waals surface area contributed by atoms with Crippen molar-refractivity contribution in [2.45, 2.75) is 11.6 Å². The van der Waals surface area contributed by atoms with E-state index in [0.29, 0.717) is 23.1 Å². The molecule has 3 rings (SSSR count). The number of nitro groups is 1. The van der Waals surface area contributed by atoms with Crippen molar-refractivity contribution in [2.24, 2.45) is 0 Å². The van der Waals surface area contributed by atoms with Crippen LogP contribution in [-0.2, 0) is 11.2 Å². The first-order valence-electron chi connectivity index (χ1n) is 8.25. The molecular formula is C18H17N5O4S. The number of hydrogen-bond donors (Lipinski definition) is 2. The van der Waals surface area contributed by atoms with Crippen LogP contribution in [0.3, 0.4) is 0 Å². The molecule has 0 atom stereocenters. The predicted octanol–water partition coefficient (Wildman–Crippen LogP) is 3.04. The van der Waals surface area contributed by atoms with Crippen LogP contribution in [0, 0.1) is 10.1 Å². The third-order valence-corrected chi connectivity index (χ3v) is 4.57. The average Bonchev–Trinajstić information content (AvgIpc) is 3.14. The van der Waals surface area contributed by atoms with Crippen molar-refractivity contribution in [3.05, 3.63) is 70.0 Å². The standard InChI is InChI=1S/C18H17N5O4S/c1-27-15-10-13(7-8-14(15)23(25)26)19-17(24)11-28-18-20-16(21-22-18)9-12-5-3-2-4-6-12/h2-8,10H,9,11H2,1H3,(H,19,24)(H,20,21,22). The van der Waals surface area contributed by atoms with Crippen LogP contribution in [0.5, 0.6) is 5.75 Å². The molecule has 9 nitrogen and oxygen atoms in total. The maximum absolute atomic E-state index is 12.1. The van der Waals surface area contributed by atoms with Crippen molar-refractivity contribution in [1.29, 1.82) is 0 Å². The number of rotatable bonds is 8. The number of nitro benzene ring substituents is 1. The lowest BCUT2D eigenvalue weighted by atomic mass is 10.1. The summed E-state index contributed by atoms with van der Waals surface area (Å²) in [5, 5.41) is 21.0. The second kappa shape index (κ2) is 9.00. The number of benzene rings is 2. The Kier molecular flexibility index (Phi) is 6.22. The summed E-state index contributed by atoms with van der Waals surface area (Å²) in [6.07, 6.45) is 0.628. The number of carbonyl (C=O) groups excluding carboxylic acids is 1. The number of ether oxygens (including phenoxy) is 1. The smallest absolute Gasteiger partial charge is 0.311 e. The molecule has 0 aliphatic carbocycles. The third kappa shape index (κ3) is 5.07. The molecule has 3 aromatic rings. The van der Waals surface area contributed by atoms with Crippen LogP contribution < -0.4 is 10.1 Å². The highest BCUT2D eigenvalue weighted by atomic mass is 32.2. The van der Waals surface area contributed by atoms with Crippen molar-refractivity contribution in [3.8, 4) is 5.75 Å². The highest BCUT2D eigenvalue weighted by molar-refractivity contribution is 7.99. The fourth-order valence-electron chi connectivity index (χ4n) is 2.44. The van der Waals surface area contributed by atoms with Gasteiger partial charge in [-0.25, -0.2) is 4.98 Å². The summed E-state index contributed by atoms with van der Waals surface area (Å²) in [4.78, 5) is 26.9. The molecule has 0 fully saturated rings. The summed E-state index contributed by atoms with van der Waals surface area (Å²) in [6, 6.07) is 14.0. The van der Waals surface area contributed by atoms with Crippen LogP contribution in [0.4, 0.5) is 11.4 Å². The van der Waals surface area contributed by atoms with Crippen LogP contribution >= 0.6 is 11.8 Å². The van der Waals surface area contributed by atoms with Gasteiger partial charge in [0.25, 0.3) is 0 Å². The number of amides is 1. The number of aromatic amines is 1. The monoisotopic (exact) mass is 399 g/mol. The van der Waals surface area contributed by atoms with Gasteiger partial charge in [-0.05, 0) is 11.6 Å². The SMILES string of the molecule is COc1cc(NC(=O)CSc2n[nH]c(Cc3ccccc3)n2)ccc1[N+](=O)[O-]. The second-order valence-corrected chi connectivity index (χ2v) is 6.65. The van der Waals surface area contributed by atoms with Crippen LogP contribution in [0.1, 0.15) is 11.4 Å². The Balaban J connectivity index is 1.54. The summed E-state index contributed by atoms with van der Waals surface area (Å²) in [5.41, 5.74) is 1.36. The summed E-state index contributed by atoms with van der Waals surface area (Å²) in [7, 11) is 1.33. The highest BCUT2D eigenvalue weighted by Crippen LogP contribution is 2.29. The molecule has 2 aromatic carbocycles. The fraction of sp³-hybridized carbons (Fsp3) is 0.167. The second-order valence-electron chi connectivity index (χ2n) is 5.71. The number of hydrogen-bond acceptors (Lipinski definition) is 7. The molecule has 0 unspecified atom stereocenters. The zero-order chi connectivity index (χ0) is 19.9. The van der Waals surface area contributed by atoms with Crippen molar-refractivity contribution >= 4 is 29.0 Å². The number of carbonyl (C=O) groups is 1. The molecule has 10 heteroatoms. The quantitative estimate of drug-likeness (QED) is 0.339. The van der Waals surface area contributed by atoms with Gasteiger partial charge >= 0.3 is 5.69 Å². The topological polar surface area (TPSA) is 123 Å². The number of nitrogens with zero attached hydrogens (tertiary/aromatic N) is 3. The van der Waals surface area contributed by atoms with E-state index < -0.39 is 4.92 Å². The Morgan fingerprint density at radius 2 is 2.07 bits per heavy atom. The van der Waals surface area contributed by atoms with E-state index in [1.807, 2.05) is 30.3 Å². The van der Waals surface area contributed by atoms with Crippen molar-refractivity contribution in [2.75, 3.05) is 18.2 Å². The van der Waals surface area contributed by atoms with Gasteiger partial charge in [-0.3, -0.25) is 20.0 Å². The van der Waals surface area contributed by atoms with E-state index >= 15 is 0 Å². The number of thioether (sulfide) groups is 1. The van der Waals surface area contributed by atoms with Gasteiger partial charge in [-0.1, -0.05) is 42.1 Å². The maximum atomic E-state index is 12.1. The number of anilines is 1. The molecule has 28 heavy (non-hydrogen) atoms. The van der Waals surface area contributed by atoms with E-state index in [9.17, 15) is 14.9 Å². The zero-order valence-electron chi connectivity index (χ0n) is 14.9. The highest BCUT2D eigenvalue weighted by Gasteiger charge is 2.16. The molecule has 0 aliphatic rings. The Hall–Kier alpha value is -3.40. The third-order valence-electron chi connectivity index (χ3n) is 3.72. The first-order chi connectivity index (χ1) is 13.5. The van der Waals surface area contributed by atoms with E-state index in [1.165, 1.54) is 37.1 Å². The molecule has 0 radical (unpaired) electrons. The zero-order valence-corrected chi connectivity index (χ0v) is 15.7. The lowest BCUT2D eigenvalue weighted by Crippen LogP contribution is -2.14. The Morgan fingerprint density at radius 1 is 1.29 bits per heavy atom. The van der Waals surface area contributed by atoms with Gasteiger partial charge in [0.2, 0.25) is 11.1 Å². The first-order valence-corrected chi connectivity index (χ1v) is 9.24. The molecule has 0 aliphatic heterocycles. The summed E-state index contributed by atoms with van der Waals surface area (Å²) in [5.74, 6) is 0.613. The number of aromatic nitrogens is 3. The normalized spacial score (nSPS) is 10.5. The Labute approximate surface area is 164 Å². The van der Waals surface area contributed by atoms with E-state index in [0.717, 1.165) is 5.56 Å². The van der Waals surface area contributed by atoms with Crippen LogP contribution in [0.25, 0.3) is 0 Å². The lowest BCUT2D eigenvalue weighted by molar-refractivity contribution is -0.385. The number of methoxy groups -OCH3 is 1. The molecule has 0 saturated carbocycles. The predicted molar refractivity (Wildman–Crippen MR) is 105 cm³/mol. The molecule has 0 saturated heterocycles. The minimum atomic E-state index is -0.545. The largest absolute Gasteiger partial charge is 0.490 e. The summed E-state index contributed by atoms with van der Waals surface area (Å²) >= 11 is 1.19. The summed E-state index contributed by atoms with van der Waals surface area (Å²) < 4.78 is 4.99. The van der Waals surface area contributed by atoms with Crippen molar-refractivity contribution in [3.63, 3.8) is 0 Å². The Morgan fingerprint density at radius 3 is 2.79 bits per heavy atom. The number of H-pyrrole nitrogens is 1. The minimum absolute atomic E-state index is 0.0787. The van der Waals surface area contributed by atoms with Gasteiger partial charge in [0, 0.05) is 24.2 Å². The number of nitrogens with one attached hydrogen (secondary N) is 2. The van der Waals surface area contributed by atoms with Crippen molar-refractivity contribution in [1.82, 2.24) is 15.2 Å². The first kappa shape index (κ1) is 19.4. The van der Waals surface area contributed by atoms with Gasteiger partial charge in [0.05, 0.1) is 17.8 Å². The fourth-order valence-corrected chi connectivity index (χ4v) is 3.06. The van der Waals surface area contributed by atoms with Gasteiger partial charge in [0.1, 0.15) is 5.82 Å². The van der Waals surface area contributed by atoms with E-state index in [-0.39, 0.29) is 23.1 Å². The molecule has 1 heterocycles. The van der Waals surface area contributed by atoms with E-state index in [1.54, 1.807) is 0 Å². The minimum Gasteiger partial charge on any atom is -0.490 e. The molecular weight excluding hydrogens is 382 g/mol. The van der Waals surface area contributed by atoms with Gasteiger partial charge in [-0.15, -0.1) is 5.10 Å². The van der Waals surface area contributed by atoms with Gasteiger partial charge in [0.15, 0.2) is 5.75 Å². The molecule has 0 spiro atoms. The molecule has 144 valence electrons. The molecule has 0 bridgehead atoms. The Bertz CT molecular complexity index is 977. The molecule has 1 amide bonds. The van der Waals surface area contributed by atoms with Crippen LogP contribution in [0.15, 0.2) is 53.7 Å². The van der Waals surface area contributed by atoms with Crippen molar-refractivity contribution < 1.29 is 14.5 Å².